The number of ether oxygens (including phenoxy) is 2. The Morgan fingerprint density at radius 3 is 2.89 bits per heavy atom. The minimum Gasteiger partial charge on any atom is -0.464 e. The molecule has 0 aromatic heterocycles. The van der Waals surface area contributed by atoms with E-state index in [4.69, 9.17) is 9.47 Å². The number of hydrogen-bond acceptors (Lipinski definition) is 4. The molecule has 3 rings (SSSR count). The summed E-state index contributed by atoms with van der Waals surface area (Å²) < 4.78 is 11.2. The van der Waals surface area contributed by atoms with Crippen molar-refractivity contribution in [1.82, 2.24) is 5.32 Å². The van der Waals surface area contributed by atoms with Crippen LogP contribution >= 0.6 is 0 Å². The van der Waals surface area contributed by atoms with Crippen LogP contribution in [-0.2, 0) is 14.3 Å². The Hall–Kier alpha value is -0.610. The second-order valence-electron chi connectivity index (χ2n) is 5.84. The predicted molar refractivity (Wildman–Crippen MR) is 67.1 cm³/mol. The van der Waals surface area contributed by atoms with Gasteiger partial charge in [-0.05, 0) is 50.5 Å². The van der Waals surface area contributed by atoms with Gasteiger partial charge in [-0.25, -0.2) is 4.79 Å². The molecule has 1 aliphatic heterocycles. The molecule has 0 radical (unpaired) electrons. The van der Waals surface area contributed by atoms with Crippen molar-refractivity contribution in [3.05, 3.63) is 0 Å². The standard InChI is InChI=1S/C14H23NO3/c1-3-11(14(16)17-4-2)18-13-8-5-9-7-15-12(13)10(9)6-8/h8-13,15H,3-7H2,1-2H3. The van der Waals surface area contributed by atoms with Crippen LogP contribution in [0.1, 0.15) is 33.1 Å². The molecule has 6 unspecified atom stereocenters. The molecule has 0 spiro atoms. The van der Waals surface area contributed by atoms with Gasteiger partial charge in [0.1, 0.15) is 0 Å². The van der Waals surface area contributed by atoms with E-state index in [0.717, 1.165) is 18.4 Å². The van der Waals surface area contributed by atoms with Crippen LogP contribution in [0, 0.1) is 17.8 Å². The summed E-state index contributed by atoms with van der Waals surface area (Å²) in [6.07, 6.45) is 3.10. The van der Waals surface area contributed by atoms with Gasteiger partial charge in [0.2, 0.25) is 0 Å². The Morgan fingerprint density at radius 1 is 1.33 bits per heavy atom. The van der Waals surface area contributed by atoms with Crippen molar-refractivity contribution in [2.45, 2.75) is 51.4 Å². The van der Waals surface area contributed by atoms with Crippen molar-refractivity contribution in [2.75, 3.05) is 13.2 Å². The molecule has 1 saturated heterocycles. The van der Waals surface area contributed by atoms with Crippen LogP contribution in [0.15, 0.2) is 0 Å². The van der Waals surface area contributed by atoms with Gasteiger partial charge in [-0.3, -0.25) is 0 Å². The number of hydrogen-bond donors (Lipinski definition) is 1. The molecule has 3 fully saturated rings. The van der Waals surface area contributed by atoms with Crippen LogP contribution in [0.3, 0.4) is 0 Å². The first-order valence-electron chi connectivity index (χ1n) is 7.30. The zero-order valence-electron chi connectivity index (χ0n) is 11.2. The van der Waals surface area contributed by atoms with Crippen molar-refractivity contribution in [1.29, 1.82) is 0 Å². The van der Waals surface area contributed by atoms with Crippen LogP contribution in [0.25, 0.3) is 0 Å². The van der Waals surface area contributed by atoms with E-state index in [2.05, 4.69) is 5.32 Å². The lowest BCUT2D eigenvalue weighted by molar-refractivity contribution is -0.163. The highest BCUT2D eigenvalue weighted by Crippen LogP contribution is 2.52. The lowest BCUT2D eigenvalue weighted by atomic mass is 9.88. The van der Waals surface area contributed by atoms with Crippen molar-refractivity contribution < 1.29 is 14.3 Å². The van der Waals surface area contributed by atoms with E-state index in [1.807, 2.05) is 13.8 Å². The van der Waals surface area contributed by atoms with Crippen molar-refractivity contribution in [3.63, 3.8) is 0 Å². The second-order valence-corrected chi connectivity index (χ2v) is 5.84. The number of fused-ring (bicyclic) bond motifs is 1. The first-order chi connectivity index (χ1) is 8.74. The van der Waals surface area contributed by atoms with Gasteiger partial charge in [0.25, 0.3) is 0 Å². The van der Waals surface area contributed by atoms with Crippen LogP contribution in [0.2, 0.25) is 0 Å². The fourth-order valence-corrected chi connectivity index (χ4v) is 4.18. The van der Waals surface area contributed by atoms with E-state index in [-0.39, 0.29) is 18.2 Å². The largest absolute Gasteiger partial charge is 0.464 e. The summed E-state index contributed by atoms with van der Waals surface area (Å²) >= 11 is 0. The van der Waals surface area contributed by atoms with E-state index >= 15 is 0 Å². The molecule has 2 bridgehead atoms. The third-order valence-corrected chi connectivity index (χ3v) is 4.92. The number of rotatable bonds is 5. The summed E-state index contributed by atoms with van der Waals surface area (Å²) in [4.78, 5) is 11.8. The molecule has 1 N–H and O–H groups in total. The Bertz CT molecular complexity index is 331. The summed E-state index contributed by atoms with van der Waals surface area (Å²) in [5.41, 5.74) is 0. The highest BCUT2D eigenvalue weighted by molar-refractivity contribution is 5.74. The van der Waals surface area contributed by atoms with E-state index in [0.29, 0.717) is 25.0 Å². The lowest BCUT2D eigenvalue weighted by Gasteiger charge is -2.30. The number of carbonyl (C=O) groups excluding carboxylic acids is 1. The smallest absolute Gasteiger partial charge is 0.335 e. The molecular weight excluding hydrogens is 230 g/mol. The van der Waals surface area contributed by atoms with Crippen LogP contribution in [0.4, 0.5) is 0 Å². The Kier molecular flexibility index (Phi) is 3.32. The highest BCUT2D eigenvalue weighted by Gasteiger charge is 2.57. The number of esters is 1. The molecule has 18 heavy (non-hydrogen) atoms. The topological polar surface area (TPSA) is 47.6 Å². The molecule has 1 heterocycles. The SMILES string of the molecule is CCOC(=O)C(CC)OC1C2CC3CNC1C3C2. The fourth-order valence-electron chi connectivity index (χ4n) is 4.18. The first-order valence-corrected chi connectivity index (χ1v) is 7.30. The minimum atomic E-state index is -0.379. The zero-order valence-corrected chi connectivity index (χ0v) is 11.2. The van der Waals surface area contributed by atoms with E-state index in [1.165, 1.54) is 12.8 Å². The highest BCUT2D eigenvalue weighted by atomic mass is 16.6. The third-order valence-electron chi connectivity index (χ3n) is 4.92. The fraction of sp³-hybridized carbons (Fsp3) is 0.929. The summed E-state index contributed by atoms with van der Waals surface area (Å²) in [6.45, 7) is 5.39. The third kappa shape index (κ3) is 1.86. The van der Waals surface area contributed by atoms with Gasteiger partial charge < -0.3 is 14.8 Å². The molecule has 3 aliphatic rings. The van der Waals surface area contributed by atoms with E-state index in [9.17, 15) is 4.79 Å². The maximum Gasteiger partial charge on any atom is 0.335 e. The van der Waals surface area contributed by atoms with Gasteiger partial charge in [-0.2, -0.15) is 0 Å². The molecule has 0 aromatic carbocycles. The van der Waals surface area contributed by atoms with Crippen molar-refractivity contribution in [3.8, 4) is 0 Å². The van der Waals surface area contributed by atoms with Crippen LogP contribution < -0.4 is 5.32 Å². The number of nitrogens with one attached hydrogen (secondary N) is 1. The summed E-state index contributed by atoms with van der Waals surface area (Å²) in [7, 11) is 0. The summed E-state index contributed by atoms with van der Waals surface area (Å²) in [5.74, 6) is 2.11. The van der Waals surface area contributed by atoms with Gasteiger partial charge in [0.15, 0.2) is 6.10 Å². The Morgan fingerprint density at radius 2 is 2.17 bits per heavy atom. The van der Waals surface area contributed by atoms with Gasteiger partial charge in [-0.15, -0.1) is 0 Å². The quantitative estimate of drug-likeness (QED) is 0.751. The average Bonchev–Trinajstić information content (AvgIpc) is 2.96. The molecule has 0 aromatic rings. The maximum atomic E-state index is 11.8. The normalized spacial score (nSPS) is 42.2. The first kappa shape index (κ1) is 12.4. The van der Waals surface area contributed by atoms with E-state index in [1.54, 1.807) is 0 Å². The molecule has 4 heteroatoms. The van der Waals surface area contributed by atoms with Gasteiger partial charge >= 0.3 is 5.97 Å². The monoisotopic (exact) mass is 253 g/mol. The predicted octanol–water partition coefficient (Wildman–Crippen LogP) is 1.34. The average molecular weight is 253 g/mol. The van der Waals surface area contributed by atoms with Crippen molar-refractivity contribution in [2.24, 2.45) is 17.8 Å². The second kappa shape index (κ2) is 4.82. The zero-order chi connectivity index (χ0) is 12.7. The van der Waals surface area contributed by atoms with Gasteiger partial charge in [0, 0.05) is 6.04 Å². The molecule has 6 atom stereocenters. The molecule has 4 nitrogen and oxygen atoms in total. The van der Waals surface area contributed by atoms with Gasteiger partial charge in [-0.1, -0.05) is 6.92 Å². The Balaban J connectivity index is 1.64. The maximum absolute atomic E-state index is 11.8. The molecular formula is C14H23NO3. The van der Waals surface area contributed by atoms with E-state index < -0.39 is 0 Å². The summed E-state index contributed by atoms with van der Waals surface area (Å²) in [6, 6.07) is 0.484. The van der Waals surface area contributed by atoms with Gasteiger partial charge in [0.05, 0.1) is 12.7 Å². The minimum absolute atomic E-state index is 0.197. The summed E-state index contributed by atoms with van der Waals surface area (Å²) in [5, 5.41) is 3.58. The molecule has 102 valence electrons. The lowest BCUT2D eigenvalue weighted by Crippen LogP contribution is -2.43. The van der Waals surface area contributed by atoms with Crippen LogP contribution in [-0.4, -0.2) is 37.4 Å². The molecule has 2 saturated carbocycles. The molecule has 2 aliphatic carbocycles. The number of carbonyl (C=O) groups is 1. The Labute approximate surface area is 108 Å². The molecule has 0 amide bonds. The van der Waals surface area contributed by atoms with Crippen LogP contribution in [0.5, 0.6) is 0 Å². The van der Waals surface area contributed by atoms with Crippen molar-refractivity contribution >= 4 is 5.97 Å².